The monoisotopic (exact) mass is 283 g/mol. The van der Waals surface area contributed by atoms with Gasteiger partial charge in [0.1, 0.15) is 11.7 Å². The highest BCUT2D eigenvalue weighted by Gasteiger charge is 2.18. The number of hydrogen-bond donors (Lipinski definition) is 2. The lowest BCUT2D eigenvalue weighted by Crippen LogP contribution is -2.37. The molecule has 0 saturated heterocycles. The first-order chi connectivity index (χ1) is 9.60. The fourth-order valence-electron chi connectivity index (χ4n) is 1.62. The first-order valence-electron chi connectivity index (χ1n) is 6.09. The predicted octanol–water partition coefficient (Wildman–Crippen LogP) is 1.05. The van der Waals surface area contributed by atoms with E-state index in [9.17, 15) is 9.18 Å². The molecule has 0 atom stereocenters. The maximum atomic E-state index is 13.6. The van der Waals surface area contributed by atoms with Crippen molar-refractivity contribution in [3.05, 3.63) is 35.6 Å². The molecule has 6 nitrogen and oxygen atoms in total. The van der Waals surface area contributed by atoms with E-state index in [1.165, 1.54) is 30.2 Å². The quantitative estimate of drug-likeness (QED) is 0.339. The number of oxime groups is 1. The fraction of sp³-hybridized carbons (Fsp3) is 0.385. The van der Waals surface area contributed by atoms with Crippen LogP contribution >= 0.6 is 0 Å². The van der Waals surface area contributed by atoms with E-state index in [2.05, 4.69) is 5.16 Å². The Balaban J connectivity index is 2.81. The third-order valence-electron chi connectivity index (χ3n) is 2.72. The predicted molar refractivity (Wildman–Crippen MR) is 72.2 cm³/mol. The zero-order valence-corrected chi connectivity index (χ0v) is 11.3. The highest BCUT2D eigenvalue weighted by Crippen LogP contribution is 2.10. The summed E-state index contributed by atoms with van der Waals surface area (Å²) in [5, 5.41) is 11.3. The summed E-state index contributed by atoms with van der Waals surface area (Å²) in [6.45, 7) is 0.825. The summed E-state index contributed by atoms with van der Waals surface area (Å²) in [5.74, 6) is -1.02. The van der Waals surface area contributed by atoms with Gasteiger partial charge in [-0.3, -0.25) is 4.79 Å². The van der Waals surface area contributed by atoms with Crippen LogP contribution in [0.3, 0.4) is 0 Å². The van der Waals surface area contributed by atoms with Crippen molar-refractivity contribution in [2.75, 3.05) is 26.8 Å². The van der Waals surface area contributed by atoms with E-state index in [1.807, 2.05) is 0 Å². The van der Waals surface area contributed by atoms with Gasteiger partial charge < -0.3 is 20.6 Å². The van der Waals surface area contributed by atoms with Gasteiger partial charge >= 0.3 is 0 Å². The summed E-state index contributed by atoms with van der Waals surface area (Å²) in [6.07, 6.45) is 0.195. The van der Waals surface area contributed by atoms with Crippen molar-refractivity contribution in [1.29, 1.82) is 0 Å². The maximum absolute atomic E-state index is 13.6. The van der Waals surface area contributed by atoms with Crippen LogP contribution in [0.5, 0.6) is 0 Å². The molecule has 7 heteroatoms. The number of amides is 1. The van der Waals surface area contributed by atoms with Crippen LogP contribution in [0.2, 0.25) is 0 Å². The first-order valence-corrected chi connectivity index (χ1v) is 6.09. The molecule has 0 radical (unpaired) electrons. The zero-order valence-electron chi connectivity index (χ0n) is 11.3. The van der Waals surface area contributed by atoms with Crippen molar-refractivity contribution < 1.29 is 19.1 Å². The highest BCUT2D eigenvalue weighted by atomic mass is 19.1. The third kappa shape index (κ3) is 4.51. The van der Waals surface area contributed by atoms with Gasteiger partial charge in [0.15, 0.2) is 0 Å². The molecule has 1 aromatic rings. The molecule has 0 spiro atoms. The van der Waals surface area contributed by atoms with E-state index < -0.39 is 11.7 Å². The van der Waals surface area contributed by atoms with Crippen LogP contribution < -0.4 is 5.73 Å². The summed E-state index contributed by atoms with van der Waals surface area (Å²) in [7, 11) is 1.51. The Bertz CT molecular complexity index is 480. The number of rotatable bonds is 7. The van der Waals surface area contributed by atoms with Gasteiger partial charge in [0.05, 0.1) is 12.2 Å². The van der Waals surface area contributed by atoms with Crippen LogP contribution in [-0.2, 0) is 4.74 Å². The topological polar surface area (TPSA) is 88.2 Å². The molecule has 0 bridgehead atoms. The molecule has 0 saturated carbocycles. The molecule has 110 valence electrons. The third-order valence-corrected chi connectivity index (χ3v) is 2.72. The van der Waals surface area contributed by atoms with E-state index in [4.69, 9.17) is 15.7 Å². The lowest BCUT2D eigenvalue weighted by Gasteiger charge is -2.22. The Morgan fingerprint density at radius 3 is 2.75 bits per heavy atom. The average molecular weight is 283 g/mol. The van der Waals surface area contributed by atoms with E-state index >= 15 is 0 Å². The average Bonchev–Trinajstić information content (AvgIpc) is 2.47. The Morgan fingerprint density at radius 1 is 1.45 bits per heavy atom. The second kappa shape index (κ2) is 8.11. The van der Waals surface area contributed by atoms with Crippen molar-refractivity contribution in [2.24, 2.45) is 10.9 Å². The molecule has 3 N–H and O–H groups in total. The molecule has 0 aliphatic rings. The molecule has 1 amide bonds. The van der Waals surface area contributed by atoms with Gasteiger partial charge in [0.25, 0.3) is 5.91 Å². The molecule has 1 rings (SSSR count). The van der Waals surface area contributed by atoms with Crippen molar-refractivity contribution in [3.8, 4) is 0 Å². The molecular weight excluding hydrogens is 265 g/mol. The zero-order chi connectivity index (χ0) is 15.0. The van der Waals surface area contributed by atoms with Gasteiger partial charge in [-0.2, -0.15) is 0 Å². The van der Waals surface area contributed by atoms with Crippen LogP contribution in [0.1, 0.15) is 16.8 Å². The molecule has 0 fully saturated rings. The summed E-state index contributed by atoms with van der Waals surface area (Å²) < 4.78 is 18.5. The van der Waals surface area contributed by atoms with Gasteiger partial charge in [-0.15, -0.1) is 0 Å². The van der Waals surface area contributed by atoms with Gasteiger partial charge in [0, 0.05) is 26.6 Å². The number of carbonyl (C=O) groups excluding carboxylic acids is 1. The Labute approximate surface area is 116 Å². The lowest BCUT2D eigenvalue weighted by molar-refractivity contribution is 0.0696. The smallest absolute Gasteiger partial charge is 0.256 e. The molecule has 0 unspecified atom stereocenters. The number of carbonyl (C=O) groups is 1. The number of hydrogen-bond acceptors (Lipinski definition) is 4. The number of benzene rings is 1. The lowest BCUT2D eigenvalue weighted by atomic mass is 10.1. The first kappa shape index (κ1) is 15.9. The number of methoxy groups -OCH3 is 1. The summed E-state index contributed by atoms with van der Waals surface area (Å²) in [5.41, 5.74) is 5.36. The minimum Gasteiger partial charge on any atom is -0.409 e. The van der Waals surface area contributed by atoms with E-state index in [0.717, 1.165) is 0 Å². The number of ether oxygens (including phenoxy) is 1. The second-order valence-corrected chi connectivity index (χ2v) is 4.11. The normalized spacial score (nSPS) is 11.4. The van der Waals surface area contributed by atoms with Gasteiger partial charge in [-0.1, -0.05) is 17.3 Å². The summed E-state index contributed by atoms with van der Waals surface area (Å²) in [4.78, 5) is 13.7. The van der Waals surface area contributed by atoms with Crippen LogP contribution in [0, 0.1) is 5.82 Å². The van der Waals surface area contributed by atoms with Crippen molar-refractivity contribution in [1.82, 2.24) is 4.90 Å². The second-order valence-electron chi connectivity index (χ2n) is 4.11. The SMILES string of the molecule is COCCN(CCC(N)=NO)C(=O)c1ccccc1F. The minimum atomic E-state index is -0.580. The van der Waals surface area contributed by atoms with Crippen LogP contribution in [0.4, 0.5) is 4.39 Å². The Hall–Kier alpha value is -2.15. The van der Waals surface area contributed by atoms with E-state index in [0.29, 0.717) is 13.2 Å². The van der Waals surface area contributed by atoms with Crippen LogP contribution in [0.25, 0.3) is 0 Å². The number of nitrogens with two attached hydrogens (primary N) is 1. The number of amidine groups is 1. The standard InChI is InChI=1S/C13H18FN3O3/c1-20-9-8-17(7-6-12(15)16-19)13(18)10-4-2-3-5-11(10)14/h2-5,19H,6-9H2,1H3,(H2,15,16). The molecule has 0 aliphatic heterocycles. The molecule has 1 aromatic carbocycles. The van der Waals surface area contributed by atoms with Gasteiger partial charge in [-0.05, 0) is 12.1 Å². The number of halogens is 1. The van der Waals surface area contributed by atoms with E-state index in [1.54, 1.807) is 6.07 Å². The molecule has 0 aromatic heterocycles. The Morgan fingerprint density at radius 2 is 2.15 bits per heavy atom. The van der Waals surface area contributed by atoms with E-state index in [-0.39, 0.29) is 24.4 Å². The molecule has 0 heterocycles. The maximum Gasteiger partial charge on any atom is 0.256 e. The van der Waals surface area contributed by atoms with Gasteiger partial charge in [0.2, 0.25) is 0 Å². The summed E-state index contributed by atoms with van der Waals surface area (Å²) in [6, 6.07) is 5.75. The minimum absolute atomic E-state index is 0.00810. The van der Waals surface area contributed by atoms with Crippen molar-refractivity contribution in [2.45, 2.75) is 6.42 Å². The fourth-order valence-corrected chi connectivity index (χ4v) is 1.62. The largest absolute Gasteiger partial charge is 0.409 e. The highest BCUT2D eigenvalue weighted by molar-refractivity contribution is 5.94. The van der Waals surface area contributed by atoms with Crippen LogP contribution in [0.15, 0.2) is 29.4 Å². The number of nitrogens with zero attached hydrogens (tertiary/aromatic N) is 2. The summed E-state index contributed by atoms with van der Waals surface area (Å²) >= 11 is 0. The molecule has 0 aliphatic carbocycles. The van der Waals surface area contributed by atoms with Crippen molar-refractivity contribution >= 4 is 11.7 Å². The van der Waals surface area contributed by atoms with Crippen LogP contribution in [-0.4, -0.2) is 48.7 Å². The van der Waals surface area contributed by atoms with Crippen molar-refractivity contribution in [3.63, 3.8) is 0 Å². The Kier molecular flexibility index (Phi) is 6.45. The van der Waals surface area contributed by atoms with Gasteiger partial charge in [-0.25, -0.2) is 4.39 Å². The molecule has 20 heavy (non-hydrogen) atoms. The molecular formula is C13H18FN3O3.